The highest BCUT2D eigenvalue weighted by atomic mass is 35.5. The van der Waals surface area contributed by atoms with Gasteiger partial charge in [0.2, 0.25) is 15.9 Å². The standard InChI is InChI=1S/C18H17ClN2O4S/c1-18(2,22)17-21-15(11-6-8-14(9-7-11)26(20,23)24)16(25-17)12-4-3-5-13(19)10-12/h3-10,22H,1-2H3,(H2,20,23,24). The highest BCUT2D eigenvalue weighted by Gasteiger charge is 2.27. The van der Waals surface area contributed by atoms with E-state index in [-0.39, 0.29) is 10.8 Å². The van der Waals surface area contributed by atoms with Crippen molar-refractivity contribution in [2.45, 2.75) is 24.3 Å². The van der Waals surface area contributed by atoms with E-state index < -0.39 is 15.6 Å². The van der Waals surface area contributed by atoms with E-state index >= 15 is 0 Å². The first-order valence-electron chi connectivity index (χ1n) is 7.68. The molecule has 3 rings (SSSR count). The van der Waals surface area contributed by atoms with Crippen LogP contribution in [0.5, 0.6) is 0 Å². The van der Waals surface area contributed by atoms with Gasteiger partial charge >= 0.3 is 0 Å². The van der Waals surface area contributed by atoms with Crippen molar-refractivity contribution in [3.8, 4) is 22.6 Å². The molecule has 26 heavy (non-hydrogen) atoms. The van der Waals surface area contributed by atoms with Gasteiger partial charge in [-0.2, -0.15) is 0 Å². The zero-order chi connectivity index (χ0) is 19.1. The van der Waals surface area contributed by atoms with Crippen molar-refractivity contribution in [3.63, 3.8) is 0 Å². The van der Waals surface area contributed by atoms with Crippen molar-refractivity contribution in [2.24, 2.45) is 5.14 Å². The van der Waals surface area contributed by atoms with E-state index in [1.54, 1.807) is 44.2 Å². The number of hydrogen-bond donors (Lipinski definition) is 2. The summed E-state index contributed by atoms with van der Waals surface area (Å²) < 4.78 is 28.7. The molecule has 0 saturated heterocycles. The Labute approximate surface area is 156 Å². The van der Waals surface area contributed by atoms with Gasteiger partial charge in [-0.3, -0.25) is 0 Å². The van der Waals surface area contributed by atoms with Crippen LogP contribution in [-0.2, 0) is 15.6 Å². The minimum Gasteiger partial charge on any atom is -0.437 e. The normalized spacial score (nSPS) is 12.3. The molecule has 0 aliphatic carbocycles. The molecule has 2 aromatic carbocycles. The molecule has 0 amide bonds. The van der Waals surface area contributed by atoms with Crippen LogP contribution in [0.25, 0.3) is 22.6 Å². The largest absolute Gasteiger partial charge is 0.437 e. The summed E-state index contributed by atoms with van der Waals surface area (Å²) in [6.45, 7) is 3.13. The number of nitrogens with zero attached hydrogens (tertiary/aromatic N) is 1. The summed E-state index contributed by atoms with van der Waals surface area (Å²) in [4.78, 5) is 4.41. The van der Waals surface area contributed by atoms with Gasteiger partial charge in [0.1, 0.15) is 11.3 Å². The van der Waals surface area contributed by atoms with Crippen LogP contribution in [0.1, 0.15) is 19.7 Å². The van der Waals surface area contributed by atoms with Gasteiger partial charge in [-0.25, -0.2) is 18.5 Å². The summed E-state index contributed by atoms with van der Waals surface area (Å²) in [6.07, 6.45) is 0. The van der Waals surface area contributed by atoms with E-state index in [1.165, 1.54) is 12.1 Å². The Kier molecular flexibility index (Phi) is 4.66. The molecule has 8 heteroatoms. The fourth-order valence-electron chi connectivity index (χ4n) is 2.41. The van der Waals surface area contributed by atoms with Gasteiger partial charge in [-0.1, -0.05) is 35.9 Å². The van der Waals surface area contributed by atoms with Gasteiger partial charge in [0, 0.05) is 16.1 Å². The molecule has 0 spiro atoms. The molecule has 0 saturated carbocycles. The molecular formula is C18H17ClN2O4S. The number of hydrogen-bond acceptors (Lipinski definition) is 5. The first-order valence-corrected chi connectivity index (χ1v) is 9.61. The van der Waals surface area contributed by atoms with Gasteiger partial charge in [0.15, 0.2) is 5.76 Å². The van der Waals surface area contributed by atoms with Crippen molar-refractivity contribution >= 4 is 21.6 Å². The third kappa shape index (κ3) is 3.81. The molecule has 3 N–H and O–H groups in total. The lowest BCUT2D eigenvalue weighted by atomic mass is 10.1. The van der Waals surface area contributed by atoms with Crippen molar-refractivity contribution in [1.29, 1.82) is 0 Å². The smallest absolute Gasteiger partial charge is 0.238 e. The van der Waals surface area contributed by atoms with Crippen LogP contribution in [0.3, 0.4) is 0 Å². The molecule has 0 aliphatic rings. The number of aromatic nitrogens is 1. The summed E-state index contributed by atoms with van der Waals surface area (Å²) in [6, 6.07) is 13.0. The van der Waals surface area contributed by atoms with Crippen LogP contribution in [-0.4, -0.2) is 18.5 Å². The number of aliphatic hydroxyl groups is 1. The molecule has 0 bridgehead atoms. The number of rotatable bonds is 4. The van der Waals surface area contributed by atoms with E-state index in [2.05, 4.69) is 4.98 Å². The molecule has 3 aromatic rings. The maximum absolute atomic E-state index is 11.4. The Morgan fingerprint density at radius 2 is 1.77 bits per heavy atom. The van der Waals surface area contributed by atoms with E-state index in [0.29, 0.717) is 27.6 Å². The van der Waals surface area contributed by atoms with Crippen molar-refractivity contribution in [1.82, 2.24) is 4.98 Å². The minimum absolute atomic E-state index is 0.00300. The molecule has 0 atom stereocenters. The van der Waals surface area contributed by atoms with Crippen molar-refractivity contribution in [3.05, 3.63) is 59.4 Å². The fraction of sp³-hybridized carbons (Fsp3) is 0.167. The lowest BCUT2D eigenvalue weighted by Crippen LogP contribution is -2.15. The molecular weight excluding hydrogens is 376 g/mol. The molecule has 6 nitrogen and oxygen atoms in total. The monoisotopic (exact) mass is 392 g/mol. The third-order valence-electron chi connectivity index (χ3n) is 3.69. The van der Waals surface area contributed by atoms with Gasteiger partial charge in [-0.15, -0.1) is 0 Å². The van der Waals surface area contributed by atoms with E-state index in [1.807, 2.05) is 6.07 Å². The summed E-state index contributed by atoms with van der Waals surface area (Å²) in [5.41, 5.74) is 0.481. The second kappa shape index (κ2) is 6.51. The average Bonchev–Trinajstić information content (AvgIpc) is 3.00. The zero-order valence-electron chi connectivity index (χ0n) is 14.1. The first kappa shape index (κ1) is 18.6. The van der Waals surface area contributed by atoms with Crippen LogP contribution in [0, 0.1) is 0 Å². The quantitative estimate of drug-likeness (QED) is 0.706. The lowest BCUT2D eigenvalue weighted by Gasteiger charge is -2.11. The first-order chi connectivity index (χ1) is 12.1. The van der Waals surface area contributed by atoms with Crippen molar-refractivity contribution in [2.75, 3.05) is 0 Å². The molecule has 136 valence electrons. The number of sulfonamides is 1. The van der Waals surface area contributed by atoms with Crippen molar-refractivity contribution < 1.29 is 17.9 Å². The Morgan fingerprint density at radius 3 is 2.31 bits per heavy atom. The van der Waals surface area contributed by atoms with Crippen LogP contribution >= 0.6 is 11.6 Å². The predicted molar refractivity (Wildman–Crippen MR) is 99.0 cm³/mol. The number of benzene rings is 2. The number of halogens is 1. The number of nitrogens with two attached hydrogens (primary N) is 1. The van der Waals surface area contributed by atoms with E-state index in [4.69, 9.17) is 21.2 Å². The Bertz CT molecular complexity index is 1050. The maximum atomic E-state index is 11.4. The Morgan fingerprint density at radius 1 is 1.12 bits per heavy atom. The van der Waals surface area contributed by atoms with Crippen LogP contribution in [0.4, 0.5) is 0 Å². The molecule has 0 radical (unpaired) electrons. The maximum Gasteiger partial charge on any atom is 0.238 e. The SMILES string of the molecule is CC(C)(O)c1nc(-c2ccc(S(N)(=O)=O)cc2)c(-c2cccc(Cl)c2)o1. The Hall–Kier alpha value is -2.19. The predicted octanol–water partition coefficient (Wildman–Crippen LogP) is 3.54. The van der Waals surface area contributed by atoms with Gasteiger partial charge in [0.25, 0.3) is 0 Å². The lowest BCUT2D eigenvalue weighted by molar-refractivity contribution is 0.0490. The summed E-state index contributed by atoms with van der Waals surface area (Å²) in [7, 11) is -3.79. The Balaban J connectivity index is 2.18. The summed E-state index contributed by atoms with van der Waals surface area (Å²) in [5, 5.41) is 15.9. The summed E-state index contributed by atoms with van der Waals surface area (Å²) in [5.74, 6) is 0.561. The molecule has 0 aliphatic heterocycles. The van der Waals surface area contributed by atoms with Crippen LogP contribution < -0.4 is 5.14 Å². The third-order valence-corrected chi connectivity index (χ3v) is 4.86. The van der Waals surface area contributed by atoms with Gasteiger partial charge < -0.3 is 9.52 Å². The molecule has 1 heterocycles. The van der Waals surface area contributed by atoms with E-state index in [9.17, 15) is 13.5 Å². The van der Waals surface area contributed by atoms with Gasteiger partial charge in [0.05, 0.1) is 4.90 Å². The highest BCUT2D eigenvalue weighted by Crippen LogP contribution is 2.36. The molecule has 1 aromatic heterocycles. The number of oxazole rings is 1. The van der Waals surface area contributed by atoms with E-state index in [0.717, 1.165) is 0 Å². The zero-order valence-corrected chi connectivity index (χ0v) is 15.7. The van der Waals surface area contributed by atoms with Gasteiger partial charge in [-0.05, 0) is 38.1 Å². The second-order valence-corrected chi connectivity index (χ2v) is 8.33. The minimum atomic E-state index is -3.79. The average molecular weight is 393 g/mol. The molecule has 0 fully saturated rings. The highest BCUT2D eigenvalue weighted by molar-refractivity contribution is 7.89. The van der Waals surface area contributed by atoms with Crippen LogP contribution in [0.15, 0.2) is 57.8 Å². The van der Waals surface area contributed by atoms with Crippen LogP contribution in [0.2, 0.25) is 5.02 Å². The second-order valence-electron chi connectivity index (χ2n) is 6.34. The molecule has 0 unspecified atom stereocenters. The number of primary sulfonamides is 1. The topological polar surface area (TPSA) is 106 Å². The summed E-state index contributed by atoms with van der Waals surface area (Å²) >= 11 is 6.07. The fourth-order valence-corrected chi connectivity index (χ4v) is 3.11.